The molecule has 0 saturated carbocycles. The predicted molar refractivity (Wildman–Crippen MR) is 146 cm³/mol. The van der Waals surface area contributed by atoms with Crippen LogP contribution in [0.1, 0.15) is 53.0 Å². The fourth-order valence-electron chi connectivity index (χ4n) is 3.87. The highest BCUT2D eigenvalue weighted by atomic mass is 19.4. The molecule has 3 amide bonds. The van der Waals surface area contributed by atoms with Crippen LogP contribution >= 0.6 is 0 Å². The molecule has 3 rings (SSSR count). The lowest BCUT2D eigenvalue weighted by Gasteiger charge is -2.21. The van der Waals surface area contributed by atoms with E-state index in [1.165, 1.54) is 24.3 Å². The van der Waals surface area contributed by atoms with Gasteiger partial charge in [-0.25, -0.2) is 0 Å². The standard InChI is InChI=1S/C29H31F3N4O3/c1-3-15-36(16-4-2)28(39)20-11-13-23(14-12-20)34-26(37)19-33-24-9-5-7-21(17-24)27(38)35-25-10-6-8-22(18-25)29(30,31)32/h5-14,17-18,33H,3-4,15-16,19H2,1-2H3,(H,34,37)(H,35,38). The van der Waals surface area contributed by atoms with Crippen LogP contribution in [0.15, 0.2) is 72.8 Å². The van der Waals surface area contributed by atoms with E-state index in [0.29, 0.717) is 30.0 Å². The number of carbonyl (C=O) groups is 3. The molecule has 0 aliphatic heterocycles. The summed E-state index contributed by atoms with van der Waals surface area (Å²) in [5, 5.41) is 8.13. The highest BCUT2D eigenvalue weighted by Gasteiger charge is 2.30. The van der Waals surface area contributed by atoms with Gasteiger partial charge in [0.2, 0.25) is 5.91 Å². The molecule has 0 aliphatic rings. The summed E-state index contributed by atoms with van der Waals surface area (Å²) in [5.41, 5.74) is 0.924. The van der Waals surface area contributed by atoms with Crippen LogP contribution in [-0.4, -0.2) is 42.3 Å². The van der Waals surface area contributed by atoms with Crippen LogP contribution < -0.4 is 16.0 Å². The largest absolute Gasteiger partial charge is 0.416 e. The first-order valence-corrected chi connectivity index (χ1v) is 12.6. The van der Waals surface area contributed by atoms with Crippen molar-refractivity contribution in [2.24, 2.45) is 0 Å². The number of hydrogen-bond donors (Lipinski definition) is 3. The lowest BCUT2D eigenvalue weighted by atomic mass is 10.1. The van der Waals surface area contributed by atoms with E-state index in [0.717, 1.165) is 25.0 Å². The van der Waals surface area contributed by atoms with Gasteiger partial charge in [0.1, 0.15) is 0 Å². The highest BCUT2D eigenvalue weighted by Crippen LogP contribution is 2.30. The molecule has 0 spiro atoms. The molecule has 0 atom stereocenters. The van der Waals surface area contributed by atoms with Crippen LogP contribution in [0.3, 0.4) is 0 Å². The summed E-state index contributed by atoms with van der Waals surface area (Å²) in [4.78, 5) is 39.5. The number of alkyl halides is 3. The number of rotatable bonds is 11. The van der Waals surface area contributed by atoms with E-state index in [1.54, 1.807) is 36.4 Å². The zero-order valence-electron chi connectivity index (χ0n) is 21.8. The first-order chi connectivity index (χ1) is 18.6. The minimum absolute atomic E-state index is 0.0173. The number of nitrogens with one attached hydrogen (secondary N) is 3. The maximum atomic E-state index is 12.9. The van der Waals surface area contributed by atoms with E-state index >= 15 is 0 Å². The van der Waals surface area contributed by atoms with Gasteiger partial charge in [-0.15, -0.1) is 0 Å². The van der Waals surface area contributed by atoms with E-state index in [2.05, 4.69) is 16.0 Å². The number of benzene rings is 3. The normalized spacial score (nSPS) is 11.0. The molecule has 0 unspecified atom stereocenters. The number of nitrogens with zero attached hydrogens (tertiary/aromatic N) is 1. The van der Waals surface area contributed by atoms with Gasteiger partial charge in [-0.2, -0.15) is 13.2 Å². The third-order valence-electron chi connectivity index (χ3n) is 5.72. The van der Waals surface area contributed by atoms with Crippen LogP contribution in [0.4, 0.5) is 30.2 Å². The van der Waals surface area contributed by atoms with Crippen molar-refractivity contribution in [2.45, 2.75) is 32.9 Å². The number of carbonyl (C=O) groups excluding carboxylic acids is 3. The van der Waals surface area contributed by atoms with Gasteiger partial charge >= 0.3 is 6.18 Å². The van der Waals surface area contributed by atoms with Crippen molar-refractivity contribution in [3.8, 4) is 0 Å². The summed E-state index contributed by atoms with van der Waals surface area (Å²) < 4.78 is 38.8. The zero-order chi connectivity index (χ0) is 28.4. The maximum absolute atomic E-state index is 12.9. The summed E-state index contributed by atoms with van der Waals surface area (Å²) in [7, 11) is 0. The molecular weight excluding hydrogens is 509 g/mol. The number of amides is 3. The van der Waals surface area contributed by atoms with Crippen LogP contribution in [0.2, 0.25) is 0 Å². The summed E-state index contributed by atoms with van der Waals surface area (Å²) in [5.74, 6) is -0.977. The van der Waals surface area contributed by atoms with Crippen molar-refractivity contribution >= 4 is 34.8 Å². The molecule has 0 saturated heterocycles. The van der Waals surface area contributed by atoms with Crippen LogP contribution in [0, 0.1) is 0 Å². The smallest absolute Gasteiger partial charge is 0.376 e. The second kappa shape index (κ2) is 13.5. The second-order valence-corrected chi connectivity index (χ2v) is 8.88. The van der Waals surface area contributed by atoms with Gasteiger partial charge in [0, 0.05) is 41.3 Å². The summed E-state index contributed by atoms with van der Waals surface area (Å²) in [6, 6.07) is 17.3. The monoisotopic (exact) mass is 540 g/mol. The van der Waals surface area contributed by atoms with Gasteiger partial charge < -0.3 is 20.9 Å². The molecule has 0 aliphatic carbocycles. The molecule has 0 heterocycles. The summed E-state index contributed by atoms with van der Waals surface area (Å²) in [6.07, 6.45) is -2.78. The summed E-state index contributed by atoms with van der Waals surface area (Å²) >= 11 is 0. The SMILES string of the molecule is CCCN(CCC)C(=O)c1ccc(NC(=O)CNc2cccc(C(=O)Nc3cccc(C(F)(F)F)c3)c2)cc1. The van der Waals surface area contributed by atoms with Crippen molar-refractivity contribution in [3.63, 3.8) is 0 Å². The molecule has 3 N–H and O–H groups in total. The van der Waals surface area contributed by atoms with E-state index < -0.39 is 17.6 Å². The Labute approximate surface area is 225 Å². The highest BCUT2D eigenvalue weighted by molar-refractivity contribution is 6.05. The van der Waals surface area contributed by atoms with E-state index in [-0.39, 0.29) is 29.6 Å². The van der Waals surface area contributed by atoms with Crippen LogP contribution in [-0.2, 0) is 11.0 Å². The van der Waals surface area contributed by atoms with Crippen molar-refractivity contribution in [2.75, 3.05) is 35.6 Å². The number of hydrogen-bond acceptors (Lipinski definition) is 4. The number of halogens is 3. The molecule has 0 radical (unpaired) electrons. The molecule has 7 nitrogen and oxygen atoms in total. The zero-order valence-corrected chi connectivity index (χ0v) is 21.8. The van der Waals surface area contributed by atoms with E-state index in [9.17, 15) is 27.6 Å². The first-order valence-electron chi connectivity index (χ1n) is 12.6. The van der Waals surface area contributed by atoms with Crippen molar-refractivity contribution < 1.29 is 27.6 Å². The molecular formula is C29H31F3N4O3. The third kappa shape index (κ3) is 8.59. The van der Waals surface area contributed by atoms with Gasteiger partial charge in [-0.3, -0.25) is 14.4 Å². The average Bonchev–Trinajstić information content (AvgIpc) is 2.92. The fourth-order valence-corrected chi connectivity index (χ4v) is 3.87. The molecule has 0 aromatic heterocycles. The van der Waals surface area contributed by atoms with Gasteiger partial charge in [-0.05, 0) is 73.5 Å². The average molecular weight is 541 g/mol. The Balaban J connectivity index is 1.55. The Bertz CT molecular complexity index is 1290. The lowest BCUT2D eigenvalue weighted by Crippen LogP contribution is -2.32. The van der Waals surface area contributed by atoms with Crippen LogP contribution in [0.5, 0.6) is 0 Å². The van der Waals surface area contributed by atoms with Crippen molar-refractivity contribution in [1.82, 2.24) is 4.90 Å². The Morgan fingerprint density at radius 3 is 2.03 bits per heavy atom. The molecule has 0 bridgehead atoms. The van der Waals surface area contributed by atoms with Crippen molar-refractivity contribution in [3.05, 3.63) is 89.5 Å². The summed E-state index contributed by atoms with van der Waals surface area (Å²) in [6.45, 7) is 5.32. The minimum Gasteiger partial charge on any atom is -0.376 e. The molecule has 3 aromatic carbocycles. The van der Waals surface area contributed by atoms with Crippen molar-refractivity contribution in [1.29, 1.82) is 0 Å². The number of anilines is 3. The lowest BCUT2D eigenvalue weighted by molar-refractivity contribution is -0.137. The van der Waals surface area contributed by atoms with Gasteiger partial charge in [0.15, 0.2) is 0 Å². The predicted octanol–water partition coefficient (Wildman–Crippen LogP) is 6.27. The third-order valence-corrected chi connectivity index (χ3v) is 5.72. The van der Waals surface area contributed by atoms with Gasteiger partial charge in [0.05, 0.1) is 12.1 Å². The topological polar surface area (TPSA) is 90.5 Å². The molecule has 3 aromatic rings. The second-order valence-electron chi connectivity index (χ2n) is 8.88. The Morgan fingerprint density at radius 2 is 1.38 bits per heavy atom. The minimum atomic E-state index is -4.52. The quantitative estimate of drug-likeness (QED) is 0.267. The Morgan fingerprint density at radius 1 is 0.744 bits per heavy atom. The van der Waals surface area contributed by atoms with E-state index in [4.69, 9.17) is 0 Å². The molecule has 39 heavy (non-hydrogen) atoms. The molecule has 10 heteroatoms. The van der Waals surface area contributed by atoms with Gasteiger partial charge in [-0.1, -0.05) is 26.0 Å². The fraction of sp³-hybridized carbons (Fsp3) is 0.276. The maximum Gasteiger partial charge on any atom is 0.416 e. The molecule has 0 fully saturated rings. The first kappa shape index (κ1) is 29.2. The van der Waals surface area contributed by atoms with E-state index in [1.807, 2.05) is 18.7 Å². The van der Waals surface area contributed by atoms with Crippen LogP contribution in [0.25, 0.3) is 0 Å². The Kier molecular flexibility index (Phi) is 10.1. The van der Waals surface area contributed by atoms with Gasteiger partial charge in [0.25, 0.3) is 11.8 Å². The molecule has 206 valence electrons. The Hall–Kier alpha value is -4.34.